The standard InChI is InChI=1S/C24H36N6O2/c1-3-5-12-24(4-2,16-27-22-21-9-7-6-8-19(21)10-13-26-22)23(32)30(29-18-31)14-11-20-15-25-17-28-20/h6-9,15,17-18,22,26-27H,3-5,10-14,16H2,1-2H3,(H,25,28)(H,29,31). The number of nitrogens with one attached hydrogen (secondary N) is 4. The highest BCUT2D eigenvalue weighted by Crippen LogP contribution is 2.32. The average molecular weight is 441 g/mol. The maximum Gasteiger partial charge on any atom is 0.248 e. The fraction of sp³-hybridized carbons (Fsp3) is 0.542. The zero-order valence-corrected chi connectivity index (χ0v) is 19.2. The molecular weight excluding hydrogens is 404 g/mol. The third kappa shape index (κ3) is 5.75. The molecule has 32 heavy (non-hydrogen) atoms. The second-order valence-corrected chi connectivity index (χ2v) is 8.48. The van der Waals surface area contributed by atoms with Crippen LogP contribution in [0.15, 0.2) is 36.8 Å². The molecule has 0 bridgehead atoms. The number of amides is 2. The Kier molecular flexibility index (Phi) is 8.81. The van der Waals surface area contributed by atoms with Gasteiger partial charge in [0.2, 0.25) is 12.3 Å². The molecule has 2 amide bonds. The zero-order chi connectivity index (χ0) is 22.8. The number of aromatic amines is 1. The number of carbonyl (C=O) groups is 2. The summed E-state index contributed by atoms with van der Waals surface area (Å²) >= 11 is 0. The quantitative estimate of drug-likeness (QED) is 0.283. The van der Waals surface area contributed by atoms with Gasteiger partial charge >= 0.3 is 0 Å². The van der Waals surface area contributed by atoms with Crippen molar-refractivity contribution < 1.29 is 9.59 Å². The van der Waals surface area contributed by atoms with Gasteiger partial charge in [-0.3, -0.25) is 30.7 Å². The first kappa shape index (κ1) is 23.9. The second kappa shape index (κ2) is 11.8. The van der Waals surface area contributed by atoms with Crippen LogP contribution in [0.1, 0.15) is 62.5 Å². The molecule has 2 unspecified atom stereocenters. The van der Waals surface area contributed by atoms with E-state index in [9.17, 15) is 9.59 Å². The number of unbranched alkanes of at least 4 members (excludes halogenated alkanes) is 1. The minimum Gasteiger partial charge on any atom is -0.348 e. The minimum absolute atomic E-state index is 0.0118. The van der Waals surface area contributed by atoms with E-state index in [2.05, 4.69) is 64.1 Å². The Bertz CT molecular complexity index is 856. The van der Waals surface area contributed by atoms with E-state index < -0.39 is 5.41 Å². The van der Waals surface area contributed by atoms with E-state index in [0.29, 0.717) is 32.3 Å². The van der Waals surface area contributed by atoms with E-state index in [4.69, 9.17) is 0 Å². The Morgan fingerprint density at radius 3 is 2.91 bits per heavy atom. The SMILES string of the molecule is CCCCC(CC)(CNC1NCCc2ccccc21)C(=O)N(CCc1cnc[nH]1)NC=O. The van der Waals surface area contributed by atoms with Crippen LogP contribution in [0.4, 0.5) is 0 Å². The van der Waals surface area contributed by atoms with Crippen LogP contribution in [-0.4, -0.2) is 46.9 Å². The largest absolute Gasteiger partial charge is 0.348 e. The van der Waals surface area contributed by atoms with Crippen molar-refractivity contribution in [3.63, 3.8) is 0 Å². The molecule has 8 heteroatoms. The van der Waals surface area contributed by atoms with Crippen LogP contribution in [0, 0.1) is 5.41 Å². The van der Waals surface area contributed by atoms with Gasteiger partial charge in [-0.25, -0.2) is 4.98 Å². The minimum atomic E-state index is -0.603. The molecule has 1 aromatic heterocycles. The highest BCUT2D eigenvalue weighted by atomic mass is 16.2. The summed E-state index contributed by atoms with van der Waals surface area (Å²) in [6.07, 6.45) is 8.95. The maximum atomic E-state index is 13.8. The Hall–Kier alpha value is -2.71. The molecule has 8 nitrogen and oxygen atoms in total. The van der Waals surface area contributed by atoms with Gasteiger partial charge < -0.3 is 4.98 Å². The fourth-order valence-electron chi connectivity index (χ4n) is 4.45. The zero-order valence-electron chi connectivity index (χ0n) is 19.2. The first-order chi connectivity index (χ1) is 15.6. The van der Waals surface area contributed by atoms with Crippen LogP contribution < -0.4 is 16.1 Å². The summed E-state index contributed by atoms with van der Waals surface area (Å²) < 4.78 is 0. The molecule has 0 saturated carbocycles. The fourth-order valence-corrected chi connectivity index (χ4v) is 4.45. The molecule has 1 aliphatic rings. The summed E-state index contributed by atoms with van der Waals surface area (Å²) in [6.45, 7) is 6.02. The third-order valence-electron chi connectivity index (χ3n) is 6.51. The van der Waals surface area contributed by atoms with E-state index in [1.54, 1.807) is 12.5 Å². The Morgan fingerprint density at radius 2 is 2.19 bits per heavy atom. The number of aromatic nitrogens is 2. The lowest BCUT2D eigenvalue weighted by molar-refractivity contribution is -0.148. The van der Waals surface area contributed by atoms with E-state index in [1.807, 2.05) is 0 Å². The number of imidazole rings is 1. The van der Waals surface area contributed by atoms with Gasteiger partial charge in [0.15, 0.2) is 0 Å². The van der Waals surface area contributed by atoms with Crippen LogP contribution in [0.2, 0.25) is 0 Å². The molecular formula is C24H36N6O2. The molecule has 2 heterocycles. The average Bonchev–Trinajstić information content (AvgIpc) is 3.35. The lowest BCUT2D eigenvalue weighted by Crippen LogP contribution is -2.55. The van der Waals surface area contributed by atoms with Crippen LogP contribution in [0.25, 0.3) is 0 Å². The third-order valence-corrected chi connectivity index (χ3v) is 6.51. The predicted octanol–water partition coefficient (Wildman–Crippen LogP) is 2.46. The number of hydrazine groups is 1. The van der Waals surface area contributed by atoms with E-state index in [0.717, 1.165) is 37.9 Å². The van der Waals surface area contributed by atoms with Crippen molar-refractivity contribution in [2.75, 3.05) is 19.6 Å². The van der Waals surface area contributed by atoms with Crippen LogP contribution in [0.5, 0.6) is 0 Å². The summed E-state index contributed by atoms with van der Waals surface area (Å²) in [5.74, 6) is -0.0448. The summed E-state index contributed by atoms with van der Waals surface area (Å²) in [5, 5.41) is 8.65. The Balaban J connectivity index is 1.76. The van der Waals surface area contributed by atoms with Crippen molar-refractivity contribution >= 4 is 12.3 Å². The van der Waals surface area contributed by atoms with Gasteiger partial charge in [0.25, 0.3) is 0 Å². The molecule has 1 aromatic carbocycles. The van der Waals surface area contributed by atoms with Gasteiger partial charge in [-0.05, 0) is 30.4 Å². The van der Waals surface area contributed by atoms with Gasteiger partial charge in [0.05, 0.1) is 17.9 Å². The van der Waals surface area contributed by atoms with Crippen LogP contribution in [0.3, 0.4) is 0 Å². The molecule has 0 saturated heterocycles. The number of nitrogens with zero attached hydrogens (tertiary/aromatic N) is 2. The molecule has 174 valence electrons. The van der Waals surface area contributed by atoms with Gasteiger partial charge in [0, 0.05) is 37.9 Å². The van der Waals surface area contributed by atoms with E-state index in [1.165, 1.54) is 16.1 Å². The van der Waals surface area contributed by atoms with Crippen molar-refractivity contribution in [1.82, 2.24) is 31.0 Å². The molecule has 1 aliphatic heterocycles. The molecule has 0 radical (unpaired) electrons. The number of hydrogen-bond donors (Lipinski definition) is 4. The van der Waals surface area contributed by atoms with Gasteiger partial charge in [-0.2, -0.15) is 0 Å². The first-order valence-electron chi connectivity index (χ1n) is 11.7. The highest BCUT2D eigenvalue weighted by molar-refractivity contribution is 5.83. The number of fused-ring (bicyclic) bond motifs is 1. The maximum absolute atomic E-state index is 13.8. The summed E-state index contributed by atoms with van der Waals surface area (Å²) in [4.78, 5) is 32.2. The molecule has 0 spiro atoms. The van der Waals surface area contributed by atoms with Crippen molar-refractivity contribution in [2.24, 2.45) is 5.41 Å². The van der Waals surface area contributed by atoms with Gasteiger partial charge in [-0.15, -0.1) is 0 Å². The lowest BCUT2D eigenvalue weighted by atomic mass is 9.78. The predicted molar refractivity (Wildman–Crippen MR) is 124 cm³/mol. The smallest absolute Gasteiger partial charge is 0.248 e. The van der Waals surface area contributed by atoms with E-state index >= 15 is 0 Å². The number of benzene rings is 1. The number of rotatable bonds is 13. The molecule has 0 aliphatic carbocycles. The Morgan fingerprint density at radius 1 is 1.34 bits per heavy atom. The lowest BCUT2D eigenvalue weighted by Gasteiger charge is -2.38. The molecule has 2 aromatic rings. The summed E-state index contributed by atoms with van der Waals surface area (Å²) in [5.41, 5.74) is 5.55. The van der Waals surface area contributed by atoms with E-state index in [-0.39, 0.29) is 12.1 Å². The van der Waals surface area contributed by atoms with Gasteiger partial charge in [0.1, 0.15) is 0 Å². The summed E-state index contributed by atoms with van der Waals surface area (Å²) in [6, 6.07) is 8.45. The molecule has 3 rings (SSSR count). The van der Waals surface area contributed by atoms with Crippen LogP contribution >= 0.6 is 0 Å². The monoisotopic (exact) mass is 440 g/mol. The number of hydrogen-bond acceptors (Lipinski definition) is 5. The highest BCUT2D eigenvalue weighted by Gasteiger charge is 2.40. The van der Waals surface area contributed by atoms with Crippen molar-refractivity contribution in [3.05, 3.63) is 53.6 Å². The normalized spacial score (nSPS) is 17.2. The van der Waals surface area contributed by atoms with Crippen molar-refractivity contribution in [2.45, 2.75) is 58.5 Å². The second-order valence-electron chi connectivity index (χ2n) is 8.48. The van der Waals surface area contributed by atoms with Crippen molar-refractivity contribution in [3.8, 4) is 0 Å². The molecule has 4 N–H and O–H groups in total. The Labute approximate surface area is 190 Å². The topological polar surface area (TPSA) is 102 Å². The van der Waals surface area contributed by atoms with Crippen LogP contribution in [-0.2, 0) is 22.4 Å². The molecule has 2 atom stereocenters. The number of H-pyrrole nitrogens is 1. The molecule has 0 fully saturated rings. The summed E-state index contributed by atoms with van der Waals surface area (Å²) in [7, 11) is 0. The number of carbonyl (C=O) groups excluding carboxylic acids is 2. The van der Waals surface area contributed by atoms with Crippen molar-refractivity contribution in [1.29, 1.82) is 0 Å². The first-order valence-corrected chi connectivity index (χ1v) is 11.7. The van der Waals surface area contributed by atoms with Gasteiger partial charge in [-0.1, -0.05) is 51.0 Å².